The van der Waals surface area contributed by atoms with Crippen molar-refractivity contribution in [3.05, 3.63) is 169 Å². The molecule has 1 amide bonds. The zero-order valence-corrected chi connectivity index (χ0v) is 25.7. The number of aromatic nitrogens is 3. The van der Waals surface area contributed by atoms with Gasteiger partial charge < -0.3 is 9.67 Å². The van der Waals surface area contributed by atoms with Gasteiger partial charge in [-0.2, -0.15) is 0 Å². The molecule has 1 aliphatic rings. The summed E-state index contributed by atoms with van der Waals surface area (Å²) in [6, 6.07) is 44.5. The summed E-state index contributed by atoms with van der Waals surface area (Å²) in [6.45, 7) is 0. The van der Waals surface area contributed by atoms with Gasteiger partial charge in [-0.1, -0.05) is 66.7 Å². The number of nitrogens with zero attached hydrogens (tertiary/aromatic N) is 4. The fourth-order valence-electron chi connectivity index (χ4n) is 7.02. The molecular weight excluding hydrogens is 592 g/mol. The third-order valence-corrected chi connectivity index (χ3v) is 9.29. The van der Waals surface area contributed by atoms with Crippen LogP contribution in [0.3, 0.4) is 0 Å². The Morgan fingerprint density at radius 2 is 1.06 bits per heavy atom. The Balaban J connectivity index is 1.24. The number of hydrogen-bond acceptors (Lipinski definition) is 4. The van der Waals surface area contributed by atoms with Crippen LogP contribution >= 0.6 is 0 Å². The van der Waals surface area contributed by atoms with E-state index >= 15 is 0 Å². The molecule has 1 aliphatic heterocycles. The van der Waals surface area contributed by atoms with E-state index in [0.29, 0.717) is 16.8 Å². The lowest BCUT2D eigenvalue weighted by atomic mass is 10.0. The molecule has 0 spiro atoms. The van der Waals surface area contributed by atoms with Crippen LogP contribution in [-0.4, -0.2) is 25.5 Å². The molecule has 0 radical (unpaired) electrons. The van der Waals surface area contributed by atoms with Crippen molar-refractivity contribution in [1.29, 1.82) is 0 Å². The lowest BCUT2D eigenvalue weighted by Crippen LogP contribution is -2.27. The summed E-state index contributed by atoms with van der Waals surface area (Å²) in [7, 11) is 0. The Bertz CT molecular complexity index is 2400. The van der Waals surface area contributed by atoms with Crippen molar-refractivity contribution in [1.82, 2.24) is 14.5 Å². The van der Waals surface area contributed by atoms with Gasteiger partial charge in [-0.3, -0.25) is 19.7 Å². The summed E-state index contributed by atoms with van der Waals surface area (Å²) in [5, 5.41) is 13.8. The van der Waals surface area contributed by atoms with Crippen molar-refractivity contribution in [2.24, 2.45) is 0 Å². The number of fused-ring (bicyclic) bond motifs is 4. The van der Waals surface area contributed by atoms with Crippen LogP contribution in [0.1, 0.15) is 22.1 Å². The molecule has 4 heterocycles. The van der Waals surface area contributed by atoms with Gasteiger partial charge in [-0.15, -0.1) is 0 Å². The van der Waals surface area contributed by atoms with Crippen molar-refractivity contribution < 1.29 is 9.90 Å². The Morgan fingerprint density at radius 3 is 1.69 bits per heavy atom. The van der Waals surface area contributed by atoms with Crippen molar-refractivity contribution in [3.63, 3.8) is 0 Å². The van der Waals surface area contributed by atoms with E-state index in [1.165, 1.54) is 4.90 Å². The highest BCUT2D eigenvalue weighted by Crippen LogP contribution is 2.43. The van der Waals surface area contributed by atoms with Gasteiger partial charge in [-0.05, 0) is 100 Å². The molecule has 0 fully saturated rings. The van der Waals surface area contributed by atoms with E-state index < -0.39 is 6.23 Å². The summed E-state index contributed by atoms with van der Waals surface area (Å²) < 4.78 is 2.16. The fraction of sp³-hybridized carbons (Fsp3) is 0.0238. The molecule has 0 aliphatic carbocycles. The number of pyridine rings is 2. The predicted molar refractivity (Wildman–Crippen MR) is 191 cm³/mol. The number of amides is 1. The Kier molecular flexibility index (Phi) is 6.48. The van der Waals surface area contributed by atoms with Gasteiger partial charge in [0.25, 0.3) is 5.91 Å². The van der Waals surface area contributed by atoms with Crippen molar-refractivity contribution in [3.8, 4) is 39.1 Å². The third kappa shape index (κ3) is 4.42. The largest absolute Gasteiger partial charge is 0.369 e. The first-order valence-electron chi connectivity index (χ1n) is 15.9. The molecule has 228 valence electrons. The molecule has 1 atom stereocenters. The zero-order chi connectivity index (χ0) is 32.2. The van der Waals surface area contributed by atoms with E-state index in [0.717, 1.165) is 60.9 Å². The maximum Gasteiger partial charge on any atom is 0.263 e. The topological polar surface area (TPSA) is 71.2 Å². The Hall–Kier alpha value is -6.37. The van der Waals surface area contributed by atoms with Crippen molar-refractivity contribution >= 4 is 33.4 Å². The van der Waals surface area contributed by atoms with E-state index in [4.69, 9.17) is 0 Å². The quantitative estimate of drug-likeness (QED) is 0.208. The van der Waals surface area contributed by atoms with Gasteiger partial charge in [0.05, 0.1) is 22.3 Å². The molecular formula is C42H28N4O2. The van der Waals surface area contributed by atoms with Crippen molar-refractivity contribution in [2.75, 3.05) is 4.90 Å². The summed E-state index contributed by atoms with van der Waals surface area (Å²) in [6.07, 6.45) is 6.08. The van der Waals surface area contributed by atoms with Gasteiger partial charge in [0, 0.05) is 46.8 Å². The normalized spacial score (nSPS) is 14.1. The van der Waals surface area contributed by atoms with Crippen LogP contribution in [0.15, 0.2) is 158 Å². The molecule has 6 heteroatoms. The van der Waals surface area contributed by atoms with Gasteiger partial charge in [-0.25, -0.2) is 0 Å². The Morgan fingerprint density at radius 1 is 0.521 bits per heavy atom. The summed E-state index contributed by atoms with van der Waals surface area (Å²) in [5.41, 5.74) is 10.7. The molecule has 0 bridgehead atoms. The van der Waals surface area contributed by atoms with Crippen LogP contribution in [-0.2, 0) is 0 Å². The minimum atomic E-state index is -1.12. The zero-order valence-electron chi connectivity index (χ0n) is 25.7. The summed E-state index contributed by atoms with van der Waals surface area (Å²) in [4.78, 5) is 24.4. The van der Waals surface area contributed by atoms with E-state index in [1.807, 2.05) is 97.1 Å². The summed E-state index contributed by atoms with van der Waals surface area (Å²) >= 11 is 0. The molecule has 9 rings (SSSR count). The first-order valence-corrected chi connectivity index (χ1v) is 15.9. The number of carbonyl (C=O) groups is 1. The van der Waals surface area contributed by atoms with E-state index in [1.54, 1.807) is 24.8 Å². The molecule has 6 nitrogen and oxygen atoms in total. The van der Waals surface area contributed by atoms with Crippen LogP contribution < -0.4 is 4.90 Å². The highest BCUT2D eigenvalue weighted by Gasteiger charge is 2.39. The highest BCUT2D eigenvalue weighted by molar-refractivity contribution is 6.16. The number of aliphatic hydroxyl groups excluding tert-OH is 1. The lowest BCUT2D eigenvalue weighted by Gasteiger charge is -2.21. The SMILES string of the molecule is O=C1c2c(cccc2-n2c3ccc(-c4ccncc4)cc3c3cc(-c4ccncc4)ccc32)C(O)N1c1cccc(-c2ccccc2)c1. The van der Waals surface area contributed by atoms with Crippen LogP contribution in [0.5, 0.6) is 0 Å². The third-order valence-electron chi connectivity index (χ3n) is 9.29. The predicted octanol–water partition coefficient (Wildman–Crippen LogP) is 9.23. The molecule has 0 saturated heterocycles. The molecule has 48 heavy (non-hydrogen) atoms. The second-order valence-electron chi connectivity index (χ2n) is 12.0. The molecule has 0 saturated carbocycles. The number of benzene rings is 5. The van der Waals surface area contributed by atoms with Gasteiger partial charge >= 0.3 is 0 Å². The van der Waals surface area contributed by atoms with Gasteiger partial charge in [0.2, 0.25) is 0 Å². The van der Waals surface area contributed by atoms with E-state index in [2.05, 4.69) is 50.9 Å². The van der Waals surface area contributed by atoms with Gasteiger partial charge in [0.1, 0.15) is 0 Å². The number of anilines is 1. The minimum Gasteiger partial charge on any atom is -0.369 e. The smallest absolute Gasteiger partial charge is 0.263 e. The van der Waals surface area contributed by atoms with Gasteiger partial charge in [0.15, 0.2) is 6.23 Å². The number of hydrogen-bond donors (Lipinski definition) is 1. The number of aliphatic hydroxyl groups is 1. The number of rotatable bonds is 5. The highest BCUT2D eigenvalue weighted by atomic mass is 16.3. The van der Waals surface area contributed by atoms with Crippen LogP contribution in [0.2, 0.25) is 0 Å². The second-order valence-corrected chi connectivity index (χ2v) is 12.0. The standard InChI is InChI=1S/C42H28N4O2/c47-41-34-10-5-11-39(40(34)42(48)45(41)33-9-4-8-30(24-33)27-6-2-1-3-7-27)46-37-14-12-31(28-16-20-43-21-17-28)25-35(37)36-26-32(13-15-38(36)46)29-18-22-44-23-19-29/h1-26,41,47H. The van der Waals surface area contributed by atoms with E-state index in [9.17, 15) is 9.90 Å². The second kappa shape index (κ2) is 11.2. The van der Waals surface area contributed by atoms with E-state index in [-0.39, 0.29) is 5.91 Å². The number of carbonyl (C=O) groups excluding carboxylic acids is 1. The van der Waals surface area contributed by atoms with Crippen LogP contribution in [0.25, 0.3) is 60.9 Å². The average Bonchev–Trinajstić information content (AvgIpc) is 3.62. The van der Waals surface area contributed by atoms with Crippen LogP contribution in [0.4, 0.5) is 5.69 Å². The first-order chi connectivity index (χ1) is 23.7. The molecule has 5 aromatic carbocycles. The Labute approximate surface area is 276 Å². The minimum absolute atomic E-state index is 0.241. The molecule has 1 unspecified atom stereocenters. The van der Waals surface area contributed by atoms with Crippen LogP contribution in [0, 0.1) is 0 Å². The first kappa shape index (κ1) is 27.9. The average molecular weight is 621 g/mol. The maximum absolute atomic E-state index is 14.5. The molecule has 3 aromatic heterocycles. The maximum atomic E-state index is 14.5. The fourth-order valence-corrected chi connectivity index (χ4v) is 7.02. The monoisotopic (exact) mass is 620 g/mol. The summed E-state index contributed by atoms with van der Waals surface area (Å²) in [5.74, 6) is -0.241. The lowest BCUT2D eigenvalue weighted by molar-refractivity contribution is 0.0935. The molecule has 8 aromatic rings. The van der Waals surface area contributed by atoms with Crippen molar-refractivity contribution in [2.45, 2.75) is 6.23 Å². The molecule has 1 N–H and O–H groups in total.